The van der Waals surface area contributed by atoms with E-state index in [0.717, 1.165) is 19.3 Å². The van der Waals surface area contributed by atoms with Crippen LogP contribution in [0.25, 0.3) is 11.5 Å². The second-order valence-corrected chi connectivity index (χ2v) is 10.6. The summed E-state index contributed by atoms with van der Waals surface area (Å²) >= 11 is 1.20. The highest BCUT2D eigenvalue weighted by atomic mass is 32.2. The predicted molar refractivity (Wildman–Crippen MR) is 120 cm³/mol. The van der Waals surface area contributed by atoms with E-state index in [4.69, 9.17) is 4.42 Å². The lowest BCUT2D eigenvalue weighted by molar-refractivity contribution is -0.119. The van der Waals surface area contributed by atoms with Crippen LogP contribution in [0.5, 0.6) is 0 Å². The fourth-order valence-electron chi connectivity index (χ4n) is 3.77. The first-order chi connectivity index (χ1) is 14.8. The van der Waals surface area contributed by atoms with Crippen molar-refractivity contribution in [1.29, 1.82) is 0 Å². The molecule has 1 N–H and O–H groups in total. The fourth-order valence-corrected chi connectivity index (χ4v) is 5.81. The maximum Gasteiger partial charge on any atom is 0.277 e. The van der Waals surface area contributed by atoms with Crippen LogP contribution in [0.2, 0.25) is 0 Å². The summed E-state index contributed by atoms with van der Waals surface area (Å²) in [4.78, 5) is 12.5. The van der Waals surface area contributed by atoms with Crippen molar-refractivity contribution in [2.75, 3.05) is 18.8 Å². The molecule has 1 saturated carbocycles. The number of rotatable bonds is 9. The maximum absolute atomic E-state index is 12.6. The molecule has 1 heterocycles. The summed E-state index contributed by atoms with van der Waals surface area (Å²) in [6, 6.07) is 6.62. The number of nitrogens with zero attached hydrogens (tertiary/aromatic N) is 3. The number of hydrogen-bond acceptors (Lipinski definition) is 7. The zero-order valence-electron chi connectivity index (χ0n) is 18.2. The van der Waals surface area contributed by atoms with Crippen LogP contribution in [0.1, 0.15) is 46.5 Å². The molecule has 1 aromatic heterocycles. The van der Waals surface area contributed by atoms with E-state index in [0.29, 0.717) is 29.8 Å². The Morgan fingerprint density at radius 2 is 1.84 bits per heavy atom. The highest BCUT2D eigenvalue weighted by molar-refractivity contribution is 7.99. The van der Waals surface area contributed by atoms with E-state index in [9.17, 15) is 13.2 Å². The van der Waals surface area contributed by atoms with Crippen molar-refractivity contribution in [2.24, 2.45) is 5.92 Å². The van der Waals surface area contributed by atoms with Gasteiger partial charge in [-0.3, -0.25) is 4.79 Å². The van der Waals surface area contributed by atoms with Crippen molar-refractivity contribution >= 4 is 27.7 Å². The summed E-state index contributed by atoms with van der Waals surface area (Å²) in [5, 5.41) is 11.4. The smallest absolute Gasteiger partial charge is 0.277 e. The minimum atomic E-state index is -3.51. The molecule has 0 aliphatic heterocycles. The van der Waals surface area contributed by atoms with Crippen LogP contribution in [0.4, 0.5) is 0 Å². The minimum absolute atomic E-state index is 0.0329. The predicted octanol–water partition coefficient (Wildman–Crippen LogP) is 3.55. The standard InChI is InChI=1S/C21H30N4O4S2/c1-4-25(5-2)31(27,28)17-12-10-16(11-13-17)20-23-24-21(29-20)30-14-19(26)22-18-9-7-6-8-15(18)3/h10-13,15,18H,4-9,14H2,1-3H3,(H,22,26)/t15-,18-/m0/s1. The van der Waals surface area contributed by atoms with Crippen molar-refractivity contribution in [1.82, 2.24) is 19.8 Å². The average molecular weight is 467 g/mol. The number of carbonyl (C=O) groups is 1. The van der Waals surface area contributed by atoms with Gasteiger partial charge in [-0.25, -0.2) is 8.42 Å². The number of amides is 1. The normalized spacial score (nSPS) is 19.5. The average Bonchev–Trinajstić information content (AvgIpc) is 3.24. The SMILES string of the molecule is CCN(CC)S(=O)(=O)c1ccc(-c2nnc(SCC(=O)N[C@H]3CCCC[C@@H]3C)o2)cc1. The van der Waals surface area contributed by atoms with Crippen LogP contribution < -0.4 is 5.32 Å². The van der Waals surface area contributed by atoms with Gasteiger partial charge in [-0.2, -0.15) is 4.31 Å². The Bertz CT molecular complexity index is 972. The van der Waals surface area contributed by atoms with Gasteiger partial charge in [0.1, 0.15) is 0 Å². The summed E-state index contributed by atoms with van der Waals surface area (Å²) in [6.07, 6.45) is 4.57. The topological polar surface area (TPSA) is 105 Å². The summed E-state index contributed by atoms with van der Waals surface area (Å²) in [6.45, 7) is 6.63. The number of carbonyl (C=O) groups excluding carboxylic acids is 1. The van der Waals surface area contributed by atoms with Gasteiger partial charge < -0.3 is 9.73 Å². The van der Waals surface area contributed by atoms with Gasteiger partial charge in [0.2, 0.25) is 21.8 Å². The first-order valence-electron chi connectivity index (χ1n) is 10.7. The number of hydrogen-bond donors (Lipinski definition) is 1. The molecular weight excluding hydrogens is 436 g/mol. The third-order valence-electron chi connectivity index (χ3n) is 5.64. The Morgan fingerprint density at radius 3 is 2.48 bits per heavy atom. The largest absolute Gasteiger partial charge is 0.411 e. The van der Waals surface area contributed by atoms with Crippen LogP contribution in [-0.4, -0.2) is 53.7 Å². The Hall–Kier alpha value is -1.91. The highest BCUT2D eigenvalue weighted by Crippen LogP contribution is 2.26. The molecule has 0 radical (unpaired) electrons. The Kier molecular flexibility index (Phi) is 8.12. The molecule has 1 aliphatic carbocycles. The van der Waals surface area contributed by atoms with Gasteiger partial charge in [-0.05, 0) is 43.0 Å². The zero-order chi connectivity index (χ0) is 22.4. The van der Waals surface area contributed by atoms with Gasteiger partial charge >= 0.3 is 0 Å². The van der Waals surface area contributed by atoms with E-state index in [-0.39, 0.29) is 28.5 Å². The molecule has 0 saturated heterocycles. The van der Waals surface area contributed by atoms with Crippen molar-refractivity contribution in [3.05, 3.63) is 24.3 Å². The lowest BCUT2D eigenvalue weighted by atomic mass is 9.86. The number of aromatic nitrogens is 2. The van der Waals surface area contributed by atoms with Crippen molar-refractivity contribution in [3.8, 4) is 11.5 Å². The molecule has 0 spiro atoms. The van der Waals surface area contributed by atoms with E-state index < -0.39 is 10.0 Å². The van der Waals surface area contributed by atoms with Crippen molar-refractivity contribution < 1.29 is 17.6 Å². The molecule has 3 rings (SSSR count). The molecule has 0 bridgehead atoms. The van der Waals surface area contributed by atoms with Gasteiger partial charge in [0.15, 0.2) is 0 Å². The summed E-state index contributed by atoms with van der Waals surface area (Å²) in [5.41, 5.74) is 0.623. The second-order valence-electron chi connectivity index (χ2n) is 7.71. The van der Waals surface area contributed by atoms with Crippen molar-refractivity contribution in [2.45, 2.75) is 62.6 Å². The fraction of sp³-hybridized carbons (Fsp3) is 0.571. The number of sulfonamides is 1. The molecule has 1 aliphatic rings. The Labute approximate surface area is 188 Å². The molecule has 10 heteroatoms. The first kappa shape index (κ1) is 23.7. The van der Waals surface area contributed by atoms with E-state index in [2.05, 4.69) is 22.4 Å². The van der Waals surface area contributed by atoms with Gasteiger partial charge in [0, 0.05) is 24.7 Å². The van der Waals surface area contributed by atoms with Crippen molar-refractivity contribution in [3.63, 3.8) is 0 Å². The summed E-state index contributed by atoms with van der Waals surface area (Å²) in [5.74, 6) is 0.975. The Morgan fingerprint density at radius 1 is 1.16 bits per heavy atom. The van der Waals surface area contributed by atoms with E-state index in [1.54, 1.807) is 24.3 Å². The number of thioether (sulfide) groups is 1. The monoisotopic (exact) mass is 466 g/mol. The number of benzene rings is 1. The van der Waals surface area contributed by atoms with Crippen LogP contribution in [0.3, 0.4) is 0 Å². The van der Waals surface area contributed by atoms with Gasteiger partial charge in [-0.15, -0.1) is 10.2 Å². The molecule has 8 nitrogen and oxygen atoms in total. The van der Waals surface area contributed by atoms with Gasteiger partial charge in [0.05, 0.1) is 10.6 Å². The van der Waals surface area contributed by atoms with Crippen LogP contribution in [-0.2, 0) is 14.8 Å². The molecule has 1 fully saturated rings. The minimum Gasteiger partial charge on any atom is -0.411 e. The second kappa shape index (κ2) is 10.6. The molecule has 170 valence electrons. The number of nitrogens with one attached hydrogen (secondary N) is 1. The highest BCUT2D eigenvalue weighted by Gasteiger charge is 2.24. The third-order valence-corrected chi connectivity index (χ3v) is 8.52. The lowest BCUT2D eigenvalue weighted by Crippen LogP contribution is -2.41. The van der Waals surface area contributed by atoms with E-state index >= 15 is 0 Å². The first-order valence-corrected chi connectivity index (χ1v) is 13.1. The molecule has 2 aromatic rings. The zero-order valence-corrected chi connectivity index (χ0v) is 19.8. The molecule has 31 heavy (non-hydrogen) atoms. The van der Waals surface area contributed by atoms with Crippen LogP contribution in [0, 0.1) is 5.92 Å². The lowest BCUT2D eigenvalue weighted by Gasteiger charge is -2.29. The van der Waals surface area contributed by atoms with Gasteiger partial charge in [-0.1, -0.05) is 45.4 Å². The van der Waals surface area contributed by atoms with Crippen LogP contribution in [0.15, 0.2) is 38.8 Å². The molecule has 0 unspecified atom stereocenters. The van der Waals surface area contributed by atoms with E-state index in [1.165, 1.54) is 22.5 Å². The summed E-state index contributed by atoms with van der Waals surface area (Å²) in [7, 11) is -3.51. The molecular formula is C21H30N4O4S2. The maximum atomic E-state index is 12.6. The molecule has 2 atom stereocenters. The third kappa shape index (κ3) is 5.87. The van der Waals surface area contributed by atoms with Gasteiger partial charge in [0.25, 0.3) is 5.22 Å². The van der Waals surface area contributed by atoms with E-state index in [1.807, 2.05) is 13.8 Å². The molecule has 1 amide bonds. The summed E-state index contributed by atoms with van der Waals surface area (Å²) < 4.78 is 32.2. The quantitative estimate of drug-likeness (QED) is 0.563. The Balaban J connectivity index is 1.58. The molecule has 1 aromatic carbocycles. The van der Waals surface area contributed by atoms with Crippen LogP contribution >= 0.6 is 11.8 Å².